The standard InChI is InChI=1S/C10H2F7/c11-5-2-4(10(15,16)17)3-1-6(12)8(13)9(14)7(3)5/h1,4H. The first-order chi connectivity index (χ1) is 7.73. The van der Waals surface area contributed by atoms with Gasteiger partial charge in [0, 0.05) is 6.08 Å². The van der Waals surface area contributed by atoms with Gasteiger partial charge in [0.15, 0.2) is 17.5 Å². The van der Waals surface area contributed by atoms with Crippen LogP contribution in [0.25, 0.3) is 5.83 Å². The van der Waals surface area contributed by atoms with E-state index in [1.807, 2.05) is 0 Å². The molecule has 7 heteroatoms. The lowest BCUT2D eigenvalue weighted by Crippen LogP contribution is -2.18. The highest BCUT2D eigenvalue weighted by Crippen LogP contribution is 2.46. The molecule has 0 aromatic heterocycles. The molecule has 0 nitrogen and oxygen atoms in total. The fourth-order valence-corrected chi connectivity index (χ4v) is 1.60. The Labute approximate surface area is 90.4 Å². The SMILES string of the molecule is FC1=[C]C(C(F)(F)F)c2cc(F)c(F)c(F)c21. The van der Waals surface area contributed by atoms with Crippen LogP contribution in [-0.4, -0.2) is 6.18 Å². The molecule has 0 heterocycles. The fraction of sp³-hybridized carbons (Fsp3) is 0.200. The van der Waals surface area contributed by atoms with Gasteiger partial charge in [0.25, 0.3) is 0 Å². The molecule has 1 aliphatic carbocycles. The summed E-state index contributed by atoms with van der Waals surface area (Å²) in [5, 5.41) is 0. The van der Waals surface area contributed by atoms with Crippen LogP contribution in [0.15, 0.2) is 6.07 Å². The van der Waals surface area contributed by atoms with Crippen molar-refractivity contribution < 1.29 is 30.7 Å². The highest BCUT2D eigenvalue weighted by Gasteiger charge is 2.46. The largest absolute Gasteiger partial charge is 0.399 e. The summed E-state index contributed by atoms with van der Waals surface area (Å²) in [6, 6.07) is 0.130. The van der Waals surface area contributed by atoms with Crippen LogP contribution in [0.4, 0.5) is 30.7 Å². The minimum atomic E-state index is -4.95. The monoisotopic (exact) mass is 255 g/mol. The normalized spacial score (nSPS) is 19.2. The Morgan fingerprint density at radius 1 is 1.00 bits per heavy atom. The Hall–Kier alpha value is -1.53. The first-order valence-corrected chi connectivity index (χ1v) is 4.27. The molecule has 1 aliphatic rings. The second-order valence-corrected chi connectivity index (χ2v) is 3.38. The van der Waals surface area contributed by atoms with E-state index in [0.717, 1.165) is 0 Å². The molecule has 1 radical (unpaired) electrons. The summed E-state index contributed by atoms with van der Waals surface area (Å²) in [5.74, 6) is -10.0. The van der Waals surface area contributed by atoms with E-state index in [2.05, 4.69) is 0 Å². The lowest BCUT2D eigenvalue weighted by Gasteiger charge is -2.14. The van der Waals surface area contributed by atoms with E-state index < -0.39 is 46.5 Å². The van der Waals surface area contributed by atoms with Crippen LogP contribution >= 0.6 is 0 Å². The van der Waals surface area contributed by atoms with Crippen molar-refractivity contribution in [1.82, 2.24) is 0 Å². The van der Waals surface area contributed by atoms with Crippen LogP contribution in [0.3, 0.4) is 0 Å². The lowest BCUT2D eigenvalue weighted by atomic mass is 9.99. The molecule has 0 N–H and O–H groups in total. The van der Waals surface area contributed by atoms with Gasteiger partial charge in [-0.1, -0.05) is 0 Å². The van der Waals surface area contributed by atoms with Crippen LogP contribution in [-0.2, 0) is 0 Å². The molecular weight excluding hydrogens is 253 g/mol. The fourth-order valence-electron chi connectivity index (χ4n) is 1.60. The van der Waals surface area contributed by atoms with E-state index in [9.17, 15) is 30.7 Å². The van der Waals surface area contributed by atoms with E-state index in [0.29, 0.717) is 0 Å². The number of benzene rings is 1. The van der Waals surface area contributed by atoms with Crippen molar-refractivity contribution in [2.75, 3.05) is 0 Å². The number of rotatable bonds is 0. The summed E-state index contributed by atoms with van der Waals surface area (Å²) in [4.78, 5) is 0. The van der Waals surface area contributed by atoms with Crippen LogP contribution in [0.1, 0.15) is 17.0 Å². The minimum absolute atomic E-state index is 0.130. The zero-order chi connectivity index (χ0) is 13.0. The third-order valence-corrected chi connectivity index (χ3v) is 2.32. The zero-order valence-electron chi connectivity index (χ0n) is 7.80. The van der Waals surface area contributed by atoms with E-state index in [1.165, 1.54) is 6.08 Å². The molecule has 91 valence electrons. The Balaban J connectivity index is 2.70. The van der Waals surface area contributed by atoms with Crippen molar-refractivity contribution >= 4 is 5.83 Å². The topological polar surface area (TPSA) is 0 Å². The molecule has 1 unspecified atom stereocenters. The first-order valence-electron chi connectivity index (χ1n) is 4.27. The van der Waals surface area contributed by atoms with Crippen molar-refractivity contribution in [2.24, 2.45) is 0 Å². The minimum Gasteiger partial charge on any atom is -0.206 e. The number of fused-ring (bicyclic) bond motifs is 1. The molecule has 0 fully saturated rings. The van der Waals surface area contributed by atoms with Crippen molar-refractivity contribution in [2.45, 2.75) is 12.1 Å². The Bertz CT molecular complexity index is 512. The van der Waals surface area contributed by atoms with Crippen LogP contribution in [0, 0.1) is 23.5 Å². The molecule has 17 heavy (non-hydrogen) atoms. The smallest absolute Gasteiger partial charge is 0.206 e. The zero-order valence-corrected chi connectivity index (χ0v) is 7.80. The third-order valence-electron chi connectivity index (χ3n) is 2.32. The van der Waals surface area contributed by atoms with E-state index >= 15 is 0 Å². The van der Waals surface area contributed by atoms with Gasteiger partial charge >= 0.3 is 6.18 Å². The molecule has 0 spiro atoms. The first kappa shape index (κ1) is 11.9. The number of halogens is 7. The van der Waals surface area contributed by atoms with Gasteiger partial charge in [0.1, 0.15) is 11.7 Å². The van der Waals surface area contributed by atoms with E-state index in [1.54, 1.807) is 0 Å². The molecule has 0 saturated heterocycles. The summed E-state index contributed by atoms with van der Waals surface area (Å²) in [7, 11) is 0. The summed E-state index contributed by atoms with van der Waals surface area (Å²) in [6.07, 6.45) is -3.64. The van der Waals surface area contributed by atoms with Crippen LogP contribution < -0.4 is 0 Å². The number of allylic oxidation sites excluding steroid dienone is 1. The molecule has 0 amide bonds. The Kier molecular flexibility index (Phi) is 2.44. The van der Waals surface area contributed by atoms with E-state index in [4.69, 9.17) is 0 Å². The van der Waals surface area contributed by atoms with Crippen LogP contribution in [0.2, 0.25) is 0 Å². The van der Waals surface area contributed by atoms with Gasteiger partial charge in [-0.15, -0.1) is 0 Å². The average Bonchev–Trinajstić information content (AvgIpc) is 2.52. The summed E-state index contributed by atoms with van der Waals surface area (Å²) in [5.41, 5.74) is -2.22. The average molecular weight is 255 g/mol. The van der Waals surface area contributed by atoms with Crippen LogP contribution in [0.5, 0.6) is 0 Å². The maximum Gasteiger partial charge on any atom is 0.399 e. The van der Waals surface area contributed by atoms with Gasteiger partial charge in [0.2, 0.25) is 0 Å². The molecule has 0 bridgehead atoms. The third kappa shape index (κ3) is 1.69. The number of hydrogen-bond acceptors (Lipinski definition) is 0. The molecule has 1 aromatic carbocycles. The quantitative estimate of drug-likeness (QED) is 0.487. The molecule has 1 atom stereocenters. The highest BCUT2D eigenvalue weighted by atomic mass is 19.4. The van der Waals surface area contributed by atoms with Gasteiger partial charge in [-0.05, 0) is 11.6 Å². The van der Waals surface area contributed by atoms with Gasteiger partial charge in [-0.25, -0.2) is 17.6 Å². The molecular formula is C10H2F7. The molecule has 1 aromatic rings. The van der Waals surface area contributed by atoms with Gasteiger partial charge < -0.3 is 0 Å². The second kappa shape index (κ2) is 3.48. The maximum absolute atomic E-state index is 13.1. The van der Waals surface area contributed by atoms with Gasteiger partial charge in [0.05, 0.1) is 5.56 Å². The van der Waals surface area contributed by atoms with Gasteiger partial charge in [-0.3, -0.25) is 0 Å². The molecule has 0 aliphatic heterocycles. The van der Waals surface area contributed by atoms with E-state index in [-0.39, 0.29) is 6.07 Å². The summed E-state index contributed by atoms with van der Waals surface area (Å²) >= 11 is 0. The number of hydrogen-bond donors (Lipinski definition) is 0. The molecule has 0 saturated carbocycles. The lowest BCUT2D eigenvalue weighted by molar-refractivity contribution is -0.140. The van der Waals surface area contributed by atoms with Crippen molar-refractivity contribution in [3.63, 3.8) is 0 Å². The van der Waals surface area contributed by atoms with Crippen molar-refractivity contribution in [1.29, 1.82) is 0 Å². The Morgan fingerprint density at radius 2 is 1.59 bits per heavy atom. The summed E-state index contributed by atoms with van der Waals surface area (Å²) < 4.78 is 88.9. The predicted molar refractivity (Wildman–Crippen MR) is 42.9 cm³/mol. The highest BCUT2D eigenvalue weighted by molar-refractivity contribution is 5.68. The van der Waals surface area contributed by atoms with Crippen molar-refractivity contribution in [3.05, 3.63) is 40.7 Å². The second-order valence-electron chi connectivity index (χ2n) is 3.38. The van der Waals surface area contributed by atoms with Crippen molar-refractivity contribution in [3.8, 4) is 0 Å². The number of alkyl halides is 3. The maximum atomic E-state index is 13.1. The summed E-state index contributed by atoms with van der Waals surface area (Å²) in [6.45, 7) is 0. The van der Waals surface area contributed by atoms with Gasteiger partial charge in [-0.2, -0.15) is 13.2 Å². The Morgan fingerprint density at radius 3 is 2.12 bits per heavy atom. The molecule has 2 rings (SSSR count). The predicted octanol–water partition coefficient (Wildman–Crippen LogP) is 3.88.